The van der Waals surface area contributed by atoms with Crippen LogP contribution in [0, 0.1) is 5.82 Å². The fourth-order valence-electron chi connectivity index (χ4n) is 3.01. The van der Waals surface area contributed by atoms with Gasteiger partial charge in [-0.1, -0.05) is 18.2 Å². The molecule has 2 aromatic rings. The van der Waals surface area contributed by atoms with E-state index in [0.29, 0.717) is 19.8 Å². The quantitative estimate of drug-likeness (QED) is 0.410. The summed E-state index contributed by atoms with van der Waals surface area (Å²) in [5.41, 5.74) is 0.698. The Balaban J connectivity index is 1.35. The molecule has 1 fully saturated rings. The summed E-state index contributed by atoms with van der Waals surface area (Å²) in [5, 5.41) is 6.60. The summed E-state index contributed by atoms with van der Waals surface area (Å²) in [6, 6.07) is 10.8. The zero-order chi connectivity index (χ0) is 18.2. The van der Waals surface area contributed by atoms with Gasteiger partial charge in [-0.2, -0.15) is 0 Å². The number of hydrogen-bond acceptors (Lipinski definition) is 3. The Morgan fingerprint density at radius 3 is 2.77 bits per heavy atom. The highest BCUT2D eigenvalue weighted by atomic mass is 19.1. The normalized spacial score (nSPS) is 15.7. The molecule has 1 aliphatic carbocycles. The molecule has 1 aromatic heterocycles. The molecule has 1 aromatic carbocycles. The SMILES string of the molecule is CN=C(NCCCOCc1ccco1)NCC1(c2ccccc2F)CC1. The number of ether oxygens (including phenoxy) is 1. The maximum absolute atomic E-state index is 14.1. The van der Waals surface area contributed by atoms with E-state index in [1.165, 1.54) is 6.07 Å². The van der Waals surface area contributed by atoms with Crippen LogP contribution in [0.3, 0.4) is 0 Å². The van der Waals surface area contributed by atoms with Crippen LogP contribution in [0.5, 0.6) is 0 Å². The summed E-state index contributed by atoms with van der Waals surface area (Å²) in [4.78, 5) is 4.24. The van der Waals surface area contributed by atoms with E-state index in [1.54, 1.807) is 19.4 Å². The number of nitrogens with one attached hydrogen (secondary N) is 2. The molecule has 0 radical (unpaired) electrons. The second-order valence-corrected chi connectivity index (χ2v) is 6.60. The van der Waals surface area contributed by atoms with Crippen LogP contribution in [-0.4, -0.2) is 32.7 Å². The summed E-state index contributed by atoms with van der Waals surface area (Å²) >= 11 is 0. The molecular weight excluding hydrogens is 333 g/mol. The van der Waals surface area contributed by atoms with E-state index in [2.05, 4.69) is 15.6 Å². The van der Waals surface area contributed by atoms with Gasteiger partial charge in [-0.05, 0) is 43.0 Å². The molecule has 1 saturated carbocycles. The third kappa shape index (κ3) is 4.85. The molecule has 26 heavy (non-hydrogen) atoms. The van der Waals surface area contributed by atoms with Gasteiger partial charge >= 0.3 is 0 Å². The first kappa shape index (κ1) is 18.5. The number of guanidine groups is 1. The zero-order valence-electron chi connectivity index (χ0n) is 15.1. The van der Waals surface area contributed by atoms with E-state index in [9.17, 15) is 4.39 Å². The Morgan fingerprint density at radius 2 is 2.08 bits per heavy atom. The van der Waals surface area contributed by atoms with Crippen molar-refractivity contribution in [3.05, 3.63) is 59.8 Å². The number of rotatable bonds is 9. The standard InChI is InChI=1S/C20H26FN3O2/c1-22-19(23-11-5-12-25-14-16-6-4-13-26-16)24-15-20(9-10-20)17-7-2-3-8-18(17)21/h2-4,6-8,13H,5,9-12,14-15H2,1H3,(H2,22,23,24). The predicted molar refractivity (Wildman–Crippen MR) is 99.7 cm³/mol. The van der Waals surface area contributed by atoms with E-state index in [0.717, 1.165) is 43.1 Å². The number of halogens is 1. The van der Waals surface area contributed by atoms with Crippen molar-refractivity contribution in [2.45, 2.75) is 31.3 Å². The van der Waals surface area contributed by atoms with Crippen molar-refractivity contribution >= 4 is 5.96 Å². The second-order valence-electron chi connectivity index (χ2n) is 6.60. The fourth-order valence-corrected chi connectivity index (χ4v) is 3.01. The van der Waals surface area contributed by atoms with E-state index < -0.39 is 0 Å². The minimum atomic E-state index is -0.122. The predicted octanol–water partition coefficient (Wildman–Crippen LogP) is 3.22. The van der Waals surface area contributed by atoms with Crippen molar-refractivity contribution in [2.75, 3.05) is 26.7 Å². The monoisotopic (exact) mass is 359 g/mol. The molecule has 6 heteroatoms. The molecule has 3 rings (SSSR count). The van der Waals surface area contributed by atoms with Gasteiger partial charge in [-0.25, -0.2) is 4.39 Å². The van der Waals surface area contributed by atoms with Crippen LogP contribution in [0.2, 0.25) is 0 Å². The lowest BCUT2D eigenvalue weighted by atomic mass is 9.95. The van der Waals surface area contributed by atoms with Crippen LogP contribution in [0.25, 0.3) is 0 Å². The largest absolute Gasteiger partial charge is 0.467 e. The lowest BCUT2D eigenvalue weighted by Crippen LogP contribution is -2.41. The minimum Gasteiger partial charge on any atom is -0.467 e. The molecule has 0 saturated heterocycles. The molecule has 0 bridgehead atoms. The maximum atomic E-state index is 14.1. The van der Waals surface area contributed by atoms with E-state index in [4.69, 9.17) is 9.15 Å². The summed E-state index contributed by atoms with van der Waals surface area (Å²) in [5.74, 6) is 1.44. The van der Waals surface area contributed by atoms with E-state index in [-0.39, 0.29) is 11.2 Å². The molecule has 2 N–H and O–H groups in total. The van der Waals surface area contributed by atoms with Gasteiger partial charge in [-0.15, -0.1) is 0 Å². The van der Waals surface area contributed by atoms with Gasteiger partial charge in [0.2, 0.25) is 0 Å². The summed E-state index contributed by atoms with van der Waals surface area (Å²) in [6.45, 7) is 2.57. The molecular formula is C20H26FN3O2. The first-order valence-corrected chi connectivity index (χ1v) is 9.03. The Morgan fingerprint density at radius 1 is 1.23 bits per heavy atom. The lowest BCUT2D eigenvalue weighted by molar-refractivity contribution is 0.105. The van der Waals surface area contributed by atoms with Crippen molar-refractivity contribution < 1.29 is 13.5 Å². The third-order valence-electron chi connectivity index (χ3n) is 4.70. The number of aliphatic imine (C=N–C) groups is 1. The summed E-state index contributed by atoms with van der Waals surface area (Å²) in [6.07, 6.45) is 4.50. The Bertz CT molecular complexity index is 712. The Labute approximate surface area is 153 Å². The highest BCUT2D eigenvalue weighted by Crippen LogP contribution is 2.48. The highest BCUT2D eigenvalue weighted by Gasteiger charge is 2.45. The first-order chi connectivity index (χ1) is 12.7. The number of furan rings is 1. The van der Waals surface area contributed by atoms with Crippen molar-refractivity contribution in [1.82, 2.24) is 10.6 Å². The molecule has 5 nitrogen and oxygen atoms in total. The highest BCUT2D eigenvalue weighted by molar-refractivity contribution is 5.79. The molecule has 0 spiro atoms. The van der Waals surface area contributed by atoms with Crippen LogP contribution in [-0.2, 0) is 16.8 Å². The van der Waals surface area contributed by atoms with Crippen LogP contribution in [0.4, 0.5) is 4.39 Å². The minimum absolute atomic E-state index is 0.102. The van der Waals surface area contributed by atoms with Gasteiger partial charge in [0.15, 0.2) is 5.96 Å². The second kappa shape index (κ2) is 8.85. The smallest absolute Gasteiger partial charge is 0.191 e. The van der Waals surface area contributed by atoms with Crippen LogP contribution in [0.15, 0.2) is 52.1 Å². The summed E-state index contributed by atoms with van der Waals surface area (Å²) in [7, 11) is 1.74. The van der Waals surface area contributed by atoms with Gasteiger partial charge in [0.25, 0.3) is 0 Å². The molecule has 0 amide bonds. The summed E-state index contributed by atoms with van der Waals surface area (Å²) < 4.78 is 24.8. The molecule has 140 valence electrons. The van der Waals surface area contributed by atoms with Gasteiger partial charge < -0.3 is 19.8 Å². The van der Waals surface area contributed by atoms with E-state index in [1.807, 2.05) is 24.3 Å². The number of benzene rings is 1. The average molecular weight is 359 g/mol. The Kier molecular flexibility index (Phi) is 6.28. The molecule has 1 heterocycles. The maximum Gasteiger partial charge on any atom is 0.191 e. The average Bonchev–Trinajstić information content (AvgIpc) is 3.26. The molecule has 0 unspecified atom stereocenters. The Hall–Kier alpha value is -2.34. The van der Waals surface area contributed by atoms with Gasteiger partial charge in [0.1, 0.15) is 18.2 Å². The first-order valence-electron chi connectivity index (χ1n) is 9.03. The van der Waals surface area contributed by atoms with Gasteiger partial charge in [-0.3, -0.25) is 4.99 Å². The molecule has 0 aliphatic heterocycles. The molecule has 1 aliphatic rings. The van der Waals surface area contributed by atoms with Crippen LogP contribution < -0.4 is 10.6 Å². The number of nitrogens with zero attached hydrogens (tertiary/aromatic N) is 1. The number of hydrogen-bond donors (Lipinski definition) is 2. The van der Waals surface area contributed by atoms with Gasteiger partial charge in [0.05, 0.1) is 6.26 Å². The third-order valence-corrected chi connectivity index (χ3v) is 4.70. The van der Waals surface area contributed by atoms with Crippen molar-refractivity contribution in [2.24, 2.45) is 4.99 Å². The zero-order valence-corrected chi connectivity index (χ0v) is 15.1. The molecule has 0 atom stereocenters. The van der Waals surface area contributed by atoms with Crippen molar-refractivity contribution in [3.63, 3.8) is 0 Å². The van der Waals surface area contributed by atoms with Crippen LogP contribution >= 0.6 is 0 Å². The fraction of sp³-hybridized carbons (Fsp3) is 0.450. The topological polar surface area (TPSA) is 58.8 Å². The lowest BCUT2D eigenvalue weighted by Gasteiger charge is -2.19. The van der Waals surface area contributed by atoms with Crippen molar-refractivity contribution in [3.8, 4) is 0 Å². The van der Waals surface area contributed by atoms with Gasteiger partial charge in [0, 0.05) is 32.2 Å². The van der Waals surface area contributed by atoms with Crippen molar-refractivity contribution in [1.29, 1.82) is 0 Å². The van der Waals surface area contributed by atoms with E-state index >= 15 is 0 Å². The van der Waals surface area contributed by atoms with Crippen LogP contribution in [0.1, 0.15) is 30.6 Å².